The highest BCUT2D eigenvalue weighted by Crippen LogP contribution is 2.43. The number of ether oxygens (including phenoxy) is 1. The number of hydrogen-bond acceptors (Lipinski definition) is 15. The summed E-state index contributed by atoms with van der Waals surface area (Å²) in [4.78, 5) is 67.3. The Morgan fingerprint density at radius 1 is 0.884 bits per heavy atom. The average Bonchev–Trinajstić information content (AvgIpc) is 4.13. The zero-order valence-corrected chi connectivity index (χ0v) is 41.8. The van der Waals surface area contributed by atoms with Gasteiger partial charge < -0.3 is 34.2 Å². The highest BCUT2D eigenvalue weighted by Gasteiger charge is 2.33. The van der Waals surface area contributed by atoms with Crippen LogP contribution in [0.3, 0.4) is 0 Å². The van der Waals surface area contributed by atoms with E-state index >= 15 is 0 Å². The molecule has 6 heterocycles. The van der Waals surface area contributed by atoms with Gasteiger partial charge in [0.05, 0.1) is 46.1 Å². The molecule has 4 aliphatic rings. The highest BCUT2D eigenvalue weighted by atomic mass is 79.9. The van der Waals surface area contributed by atoms with Crippen molar-refractivity contribution in [3.63, 3.8) is 0 Å². The molecule has 0 radical (unpaired) electrons. The summed E-state index contributed by atoms with van der Waals surface area (Å²) in [6, 6.07) is 13.4. The van der Waals surface area contributed by atoms with Gasteiger partial charge in [-0.25, -0.2) is 14.5 Å². The molecule has 0 spiro atoms. The van der Waals surface area contributed by atoms with E-state index in [1.807, 2.05) is 18.2 Å². The number of nitrogens with one attached hydrogen (secondary N) is 3. The molecule has 20 heteroatoms. The number of anilines is 5. The lowest BCUT2D eigenvalue weighted by atomic mass is 9.99. The fourth-order valence-electron chi connectivity index (χ4n) is 10.3. The van der Waals surface area contributed by atoms with Crippen LogP contribution in [0.25, 0.3) is 21.9 Å². The van der Waals surface area contributed by atoms with Gasteiger partial charge in [0.15, 0.2) is 5.58 Å². The minimum atomic E-state index is -2.91. The standard InChI is InChI=1S/C49H57BrN11O7P/c1-5-30-25-37(54-48-51-28-35(50)45(56-48)53-36-10-9-33-34(44(36)69(3,4)66)27-52-61(47(33)64)32-7-8-32)41(67-2)26-40(30)59-18-15-31(16-19-59)58-22-20-57(21-23-58)17-14-29-6-11-38-42(24-29)68-49(65)60(38)39-12-13-43(62)55-46(39)63/h6,9-11,24-28,31-32,39H,5,7-8,12-23H2,1-4H3,(H,55,62,63)(H2,51,53,54,56). The van der Waals surface area contributed by atoms with Crippen LogP contribution < -0.4 is 42.2 Å². The number of aryl methyl sites for hydroxylation is 1. The number of fused-ring (bicyclic) bond motifs is 2. The molecule has 1 saturated carbocycles. The summed E-state index contributed by atoms with van der Waals surface area (Å²) >= 11 is 3.60. The lowest BCUT2D eigenvalue weighted by molar-refractivity contribution is -0.135. The zero-order chi connectivity index (χ0) is 48.1. The molecule has 3 aliphatic heterocycles. The lowest BCUT2D eigenvalue weighted by Crippen LogP contribution is -2.53. The summed E-state index contributed by atoms with van der Waals surface area (Å²) in [6.07, 6.45) is 9.42. The van der Waals surface area contributed by atoms with Crippen molar-refractivity contribution < 1.29 is 23.3 Å². The number of hydrogen-bond donors (Lipinski definition) is 3. The van der Waals surface area contributed by atoms with Gasteiger partial charge in [0.2, 0.25) is 17.8 Å². The van der Waals surface area contributed by atoms with Crippen LogP contribution >= 0.6 is 23.1 Å². The number of nitrogens with zero attached hydrogens (tertiary/aromatic N) is 8. The molecule has 10 rings (SSSR count). The molecule has 4 fully saturated rings. The van der Waals surface area contributed by atoms with E-state index in [4.69, 9.17) is 14.1 Å². The molecule has 3 aromatic carbocycles. The fraction of sp³-hybridized carbons (Fsp3) is 0.449. The van der Waals surface area contributed by atoms with Crippen molar-refractivity contribution in [1.29, 1.82) is 0 Å². The van der Waals surface area contributed by atoms with Crippen LogP contribution in [0.4, 0.5) is 28.8 Å². The van der Waals surface area contributed by atoms with Gasteiger partial charge in [0.1, 0.15) is 24.8 Å². The van der Waals surface area contributed by atoms with Crippen LogP contribution in [0.1, 0.15) is 68.7 Å². The predicted octanol–water partition coefficient (Wildman–Crippen LogP) is 6.30. The Kier molecular flexibility index (Phi) is 13.0. The van der Waals surface area contributed by atoms with Crippen molar-refractivity contribution in [2.75, 3.05) is 81.8 Å². The van der Waals surface area contributed by atoms with Crippen molar-refractivity contribution in [1.82, 2.24) is 39.4 Å². The van der Waals surface area contributed by atoms with Crippen LogP contribution in [0.15, 0.2) is 73.3 Å². The Morgan fingerprint density at radius 3 is 2.38 bits per heavy atom. The first kappa shape index (κ1) is 46.8. The van der Waals surface area contributed by atoms with Gasteiger partial charge in [-0.3, -0.25) is 29.2 Å². The van der Waals surface area contributed by atoms with Gasteiger partial charge >= 0.3 is 5.76 Å². The quantitative estimate of drug-likeness (QED) is 0.0810. The largest absolute Gasteiger partial charge is 0.494 e. The maximum atomic E-state index is 13.8. The molecule has 362 valence electrons. The second kappa shape index (κ2) is 19.1. The van der Waals surface area contributed by atoms with E-state index < -0.39 is 24.8 Å². The molecule has 18 nitrogen and oxygen atoms in total. The Hall–Kier alpha value is -5.88. The van der Waals surface area contributed by atoms with Crippen molar-refractivity contribution in [3.8, 4) is 5.75 Å². The number of piperidine rings is 2. The number of carbonyl (C=O) groups is 2. The number of aromatic nitrogens is 5. The third-order valence-corrected chi connectivity index (χ3v) is 16.2. The van der Waals surface area contributed by atoms with Crippen molar-refractivity contribution in [3.05, 3.63) is 91.4 Å². The van der Waals surface area contributed by atoms with Crippen molar-refractivity contribution >= 4 is 90.9 Å². The lowest BCUT2D eigenvalue weighted by Gasteiger charge is -2.43. The highest BCUT2D eigenvalue weighted by molar-refractivity contribution is 9.10. The first-order valence-corrected chi connectivity index (χ1v) is 27.2. The third kappa shape index (κ3) is 9.58. The summed E-state index contributed by atoms with van der Waals surface area (Å²) in [6.45, 7) is 12.3. The number of oxazole rings is 1. The SMILES string of the molecule is CCc1cc(Nc2ncc(Br)c(Nc3ccc4c(=O)n(C5CC5)ncc4c3P(C)(C)=O)n2)c(OC)cc1N1CCC(N2CCN(CCc3ccc4c(c3)oc(=O)n4C3CCC(=O)NC3=O)CC2)CC1. The number of carbonyl (C=O) groups excluding carboxylic acids is 2. The van der Waals surface area contributed by atoms with E-state index in [1.54, 1.807) is 49.6 Å². The Labute approximate surface area is 407 Å². The molecule has 2 amide bonds. The summed E-state index contributed by atoms with van der Waals surface area (Å²) in [7, 11) is -1.24. The van der Waals surface area contributed by atoms with Gasteiger partial charge in [0, 0.05) is 86.9 Å². The first-order chi connectivity index (χ1) is 33.3. The van der Waals surface area contributed by atoms with E-state index in [9.17, 15) is 23.7 Å². The van der Waals surface area contributed by atoms with Crippen LogP contribution in [0.5, 0.6) is 5.75 Å². The Morgan fingerprint density at radius 2 is 1.67 bits per heavy atom. The van der Waals surface area contributed by atoms with Gasteiger partial charge in [0.25, 0.3) is 5.56 Å². The van der Waals surface area contributed by atoms with E-state index in [2.05, 4.69) is 75.7 Å². The number of methoxy groups -OCH3 is 1. The molecule has 1 unspecified atom stereocenters. The summed E-state index contributed by atoms with van der Waals surface area (Å²) < 4.78 is 28.9. The minimum Gasteiger partial charge on any atom is -0.494 e. The second-order valence-electron chi connectivity index (χ2n) is 18.9. The molecule has 3 N–H and O–H groups in total. The number of piperazine rings is 1. The number of benzene rings is 3. The number of amides is 2. The topological polar surface area (TPSA) is 202 Å². The third-order valence-electron chi connectivity index (χ3n) is 14.1. The predicted molar refractivity (Wildman–Crippen MR) is 271 cm³/mol. The number of halogens is 1. The molecule has 1 aliphatic carbocycles. The maximum Gasteiger partial charge on any atom is 0.420 e. The molecule has 6 aromatic rings. The minimum absolute atomic E-state index is 0.129. The van der Waals surface area contributed by atoms with Gasteiger partial charge in [-0.2, -0.15) is 10.1 Å². The van der Waals surface area contributed by atoms with E-state index in [0.29, 0.717) is 60.9 Å². The second-order valence-corrected chi connectivity index (χ2v) is 22.9. The fourth-order valence-corrected chi connectivity index (χ4v) is 12.0. The summed E-state index contributed by atoms with van der Waals surface area (Å²) in [5, 5.41) is 15.2. The first-order valence-electron chi connectivity index (χ1n) is 23.8. The molecule has 69 heavy (non-hydrogen) atoms. The normalized spacial score (nSPS) is 18.8. The Bertz CT molecular complexity index is 3150. The molecule has 0 bridgehead atoms. The van der Waals surface area contributed by atoms with Gasteiger partial charge in [-0.1, -0.05) is 13.0 Å². The molecule has 3 saturated heterocycles. The smallest absolute Gasteiger partial charge is 0.420 e. The Balaban J connectivity index is 0.755. The van der Waals surface area contributed by atoms with E-state index in [-0.39, 0.29) is 30.3 Å². The molecule has 1 atom stereocenters. The molecule has 3 aromatic heterocycles. The molecular formula is C49H57BrN11O7P. The van der Waals surface area contributed by atoms with E-state index in [1.165, 1.54) is 10.1 Å². The summed E-state index contributed by atoms with van der Waals surface area (Å²) in [5.74, 6) is 0.0987. The van der Waals surface area contributed by atoms with Crippen LogP contribution in [0.2, 0.25) is 0 Å². The van der Waals surface area contributed by atoms with Crippen molar-refractivity contribution in [2.24, 2.45) is 0 Å². The van der Waals surface area contributed by atoms with E-state index in [0.717, 1.165) is 101 Å². The van der Waals surface area contributed by atoms with Crippen LogP contribution in [0, 0.1) is 0 Å². The van der Waals surface area contributed by atoms with Gasteiger partial charge in [-0.05, 0) is 116 Å². The number of imide groups is 1. The molecular weight excluding hydrogens is 965 g/mol. The summed E-state index contributed by atoms with van der Waals surface area (Å²) in [5.41, 5.74) is 5.59. The average molecular weight is 1020 g/mol. The van der Waals surface area contributed by atoms with Crippen LogP contribution in [-0.4, -0.2) is 118 Å². The van der Waals surface area contributed by atoms with Gasteiger partial charge in [-0.15, -0.1) is 0 Å². The zero-order valence-electron chi connectivity index (χ0n) is 39.3. The monoisotopic (exact) mass is 1020 g/mol. The van der Waals surface area contributed by atoms with Crippen molar-refractivity contribution in [2.45, 2.75) is 76.4 Å². The number of rotatable bonds is 14. The van der Waals surface area contributed by atoms with Crippen LogP contribution in [-0.2, 0) is 27.0 Å². The maximum absolute atomic E-state index is 13.8.